The largest absolute Gasteiger partial charge is 0.330 e. The smallest absolute Gasteiger partial charge is 0.00772 e. The van der Waals surface area contributed by atoms with Gasteiger partial charge in [-0.15, -0.1) is 0 Å². The molecular weight excluding hydrogens is 194 g/mol. The van der Waals surface area contributed by atoms with Crippen LogP contribution in [0.5, 0.6) is 0 Å². The number of hydrogen-bond acceptors (Lipinski definition) is 1. The molecule has 1 aromatic carbocycles. The van der Waals surface area contributed by atoms with Crippen LogP contribution >= 0.6 is 0 Å². The van der Waals surface area contributed by atoms with Gasteiger partial charge < -0.3 is 5.73 Å². The summed E-state index contributed by atoms with van der Waals surface area (Å²) in [5, 5.41) is 0. The molecule has 0 saturated carbocycles. The highest BCUT2D eigenvalue weighted by molar-refractivity contribution is 5.28. The number of aryl methyl sites for hydroxylation is 1. The monoisotopic (exact) mass is 219 g/mol. The molecule has 1 rings (SSSR count). The molecular formula is C15H25N. The van der Waals surface area contributed by atoms with Crippen LogP contribution in [0, 0.1) is 0 Å². The third-order valence-electron chi connectivity index (χ3n) is 3.54. The maximum atomic E-state index is 5.49. The topological polar surface area (TPSA) is 26.0 Å². The van der Waals surface area contributed by atoms with Crippen molar-refractivity contribution >= 4 is 0 Å². The van der Waals surface area contributed by atoms with Crippen LogP contribution in [0.15, 0.2) is 24.3 Å². The summed E-state index contributed by atoms with van der Waals surface area (Å²) in [7, 11) is 0. The fourth-order valence-electron chi connectivity index (χ4n) is 1.80. The number of benzene rings is 1. The summed E-state index contributed by atoms with van der Waals surface area (Å²) in [6.45, 7) is 7.66. The molecule has 16 heavy (non-hydrogen) atoms. The highest BCUT2D eigenvalue weighted by atomic mass is 14.5. The second-order valence-corrected chi connectivity index (χ2v) is 5.18. The molecule has 0 aromatic heterocycles. The Hall–Kier alpha value is -0.820. The van der Waals surface area contributed by atoms with Gasteiger partial charge in [-0.25, -0.2) is 0 Å². The summed E-state index contributed by atoms with van der Waals surface area (Å²) in [4.78, 5) is 0. The predicted molar refractivity (Wildman–Crippen MR) is 71.8 cm³/mol. The molecule has 2 N–H and O–H groups in total. The zero-order valence-corrected chi connectivity index (χ0v) is 10.9. The molecule has 1 nitrogen and oxygen atoms in total. The van der Waals surface area contributed by atoms with Gasteiger partial charge in [-0.05, 0) is 48.8 Å². The van der Waals surface area contributed by atoms with Crippen molar-refractivity contribution < 1.29 is 0 Å². The summed E-state index contributed by atoms with van der Waals surface area (Å²) in [6.07, 6.45) is 4.67. The van der Waals surface area contributed by atoms with E-state index in [9.17, 15) is 0 Å². The summed E-state index contributed by atoms with van der Waals surface area (Å²) in [5.74, 6) is 0. The number of rotatable bonds is 6. The fraction of sp³-hybridized carbons (Fsp3) is 0.600. The van der Waals surface area contributed by atoms with E-state index in [1.54, 1.807) is 0 Å². The summed E-state index contributed by atoms with van der Waals surface area (Å²) in [6, 6.07) is 9.09. The standard InChI is InChI=1S/C15H25N/c1-4-15(2,3)14-10-8-13(9-11-14)7-5-6-12-16/h8-11H,4-7,12,16H2,1-3H3. The average molecular weight is 219 g/mol. The van der Waals surface area contributed by atoms with E-state index >= 15 is 0 Å². The minimum absolute atomic E-state index is 0.301. The normalized spacial score (nSPS) is 11.8. The molecule has 90 valence electrons. The highest BCUT2D eigenvalue weighted by Gasteiger charge is 2.17. The number of hydrogen-bond donors (Lipinski definition) is 1. The Balaban J connectivity index is 2.61. The molecule has 1 aromatic rings. The van der Waals surface area contributed by atoms with Crippen LogP contribution in [-0.4, -0.2) is 6.54 Å². The van der Waals surface area contributed by atoms with Gasteiger partial charge in [0.1, 0.15) is 0 Å². The van der Waals surface area contributed by atoms with Crippen LogP contribution in [0.4, 0.5) is 0 Å². The highest BCUT2D eigenvalue weighted by Crippen LogP contribution is 2.26. The minimum atomic E-state index is 0.301. The van der Waals surface area contributed by atoms with Crippen molar-refractivity contribution in [2.45, 2.75) is 51.9 Å². The summed E-state index contributed by atoms with van der Waals surface area (Å²) >= 11 is 0. The van der Waals surface area contributed by atoms with E-state index < -0.39 is 0 Å². The van der Waals surface area contributed by atoms with Crippen molar-refractivity contribution in [1.29, 1.82) is 0 Å². The van der Waals surface area contributed by atoms with E-state index in [-0.39, 0.29) is 0 Å². The third-order valence-corrected chi connectivity index (χ3v) is 3.54. The van der Waals surface area contributed by atoms with Crippen LogP contribution < -0.4 is 5.73 Å². The van der Waals surface area contributed by atoms with Crippen molar-refractivity contribution in [2.24, 2.45) is 5.73 Å². The SMILES string of the molecule is CCC(C)(C)c1ccc(CCCCN)cc1. The fourth-order valence-corrected chi connectivity index (χ4v) is 1.80. The van der Waals surface area contributed by atoms with E-state index in [0.29, 0.717) is 5.41 Å². The van der Waals surface area contributed by atoms with Crippen LogP contribution in [0.3, 0.4) is 0 Å². The van der Waals surface area contributed by atoms with Crippen molar-refractivity contribution in [3.8, 4) is 0 Å². The summed E-state index contributed by atoms with van der Waals surface area (Å²) in [5.41, 5.74) is 8.67. The van der Waals surface area contributed by atoms with E-state index in [1.165, 1.54) is 24.0 Å². The first-order valence-electron chi connectivity index (χ1n) is 6.39. The van der Waals surface area contributed by atoms with Gasteiger partial charge in [0.15, 0.2) is 0 Å². The Morgan fingerprint density at radius 1 is 1.06 bits per heavy atom. The lowest BCUT2D eigenvalue weighted by Gasteiger charge is -2.23. The number of unbranched alkanes of at least 4 members (excludes halogenated alkanes) is 1. The van der Waals surface area contributed by atoms with Crippen LogP contribution in [-0.2, 0) is 11.8 Å². The molecule has 0 spiro atoms. The van der Waals surface area contributed by atoms with Crippen LogP contribution in [0.2, 0.25) is 0 Å². The molecule has 0 fully saturated rings. The maximum absolute atomic E-state index is 5.49. The zero-order valence-electron chi connectivity index (χ0n) is 10.9. The third kappa shape index (κ3) is 3.64. The average Bonchev–Trinajstić information content (AvgIpc) is 2.30. The minimum Gasteiger partial charge on any atom is -0.330 e. The Morgan fingerprint density at radius 3 is 2.19 bits per heavy atom. The Labute approximate surface area is 100 Å². The quantitative estimate of drug-likeness (QED) is 0.726. The molecule has 0 aliphatic rings. The molecule has 0 radical (unpaired) electrons. The lowest BCUT2D eigenvalue weighted by molar-refractivity contribution is 0.506. The number of nitrogens with two attached hydrogens (primary N) is 1. The molecule has 0 heterocycles. The molecule has 0 aliphatic heterocycles. The second-order valence-electron chi connectivity index (χ2n) is 5.18. The van der Waals surface area contributed by atoms with Gasteiger partial charge in [0, 0.05) is 0 Å². The molecule has 0 unspecified atom stereocenters. The van der Waals surface area contributed by atoms with E-state index in [2.05, 4.69) is 45.0 Å². The van der Waals surface area contributed by atoms with Gasteiger partial charge in [0.25, 0.3) is 0 Å². The first kappa shape index (κ1) is 13.2. The van der Waals surface area contributed by atoms with E-state index in [4.69, 9.17) is 5.73 Å². The molecule has 0 bridgehead atoms. The lowest BCUT2D eigenvalue weighted by Crippen LogP contribution is -2.15. The van der Waals surface area contributed by atoms with Gasteiger partial charge >= 0.3 is 0 Å². The Bertz CT molecular complexity index is 298. The first-order chi connectivity index (χ1) is 7.60. The van der Waals surface area contributed by atoms with Gasteiger partial charge in [-0.2, -0.15) is 0 Å². The molecule has 1 heteroatoms. The van der Waals surface area contributed by atoms with Crippen molar-refractivity contribution in [3.63, 3.8) is 0 Å². The van der Waals surface area contributed by atoms with Crippen LogP contribution in [0.1, 0.15) is 51.2 Å². The molecule has 0 saturated heterocycles. The molecule has 0 amide bonds. The van der Waals surface area contributed by atoms with Crippen molar-refractivity contribution in [2.75, 3.05) is 6.54 Å². The second kappa shape index (κ2) is 6.05. The zero-order chi connectivity index (χ0) is 12.0. The maximum Gasteiger partial charge on any atom is -0.00772 e. The summed E-state index contributed by atoms with van der Waals surface area (Å²) < 4.78 is 0. The van der Waals surface area contributed by atoms with Gasteiger partial charge in [0.2, 0.25) is 0 Å². The Morgan fingerprint density at radius 2 is 1.69 bits per heavy atom. The predicted octanol–water partition coefficient (Wildman–Crippen LogP) is 3.66. The van der Waals surface area contributed by atoms with E-state index in [1.807, 2.05) is 0 Å². The Kier molecular flexibility index (Phi) is 5.01. The van der Waals surface area contributed by atoms with Gasteiger partial charge in [-0.3, -0.25) is 0 Å². The van der Waals surface area contributed by atoms with E-state index in [0.717, 1.165) is 19.4 Å². The molecule has 0 aliphatic carbocycles. The first-order valence-corrected chi connectivity index (χ1v) is 6.39. The van der Waals surface area contributed by atoms with Crippen molar-refractivity contribution in [3.05, 3.63) is 35.4 Å². The van der Waals surface area contributed by atoms with Gasteiger partial charge in [-0.1, -0.05) is 45.0 Å². The van der Waals surface area contributed by atoms with Crippen LogP contribution in [0.25, 0.3) is 0 Å². The van der Waals surface area contributed by atoms with Crippen molar-refractivity contribution in [1.82, 2.24) is 0 Å². The van der Waals surface area contributed by atoms with Gasteiger partial charge in [0.05, 0.1) is 0 Å². The molecule has 0 atom stereocenters. The lowest BCUT2D eigenvalue weighted by atomic mass is 9.82.